The molecule has 0 bridgehead atoms. The molecule has 5 amide bonds. The van der Waals surface area contributed by atoms with Crippen molar-refractivity contribution in [1.82, 2.24) is 26.6 Å². The molecule has 1 fully saturated rings. The van der Waals surface area contributed by atoms with Crippen molar-refractivity contribution >= 4 is 29.7 Å². The third-order valence-corrected chi connectivity index (χ3v) is 11.6. The van der Waals surface area contributed by atoms with E-state index in [0.717, 1.165) is 53.5 Å². The van der Waals surface area contributed by atoms with Crippen LogP contribution in [-0.2, 0) is 42.5 Å². The number of ether oxygens (including phenoxy) is 1. The lowest BCUT2D eigenvalue weighted by Gasteiger charge is -2.37. The Morgan fingerprint density at radius 2 is 1.12 bits per heavy atom. The van der Waals surface area contributed by atoms with Crippen LogP contribution in [0.3, 0.4) is 0 Å². The molecule has 0 radical (unpaired) electrons. The van der Waals surface area contributed by atoms with Crippen LogP contribution in [0.5, 0.6) is 0 Å². The predicted molar refractivity (Wildman–Crippen MR) is 253 cm³/mol. The second-order valence-electron chi connectivity index (χ2n) is 17.0. The average molecular weight is 876 g/mol. The van der Waals surface area contributed by atoms with Gasteiger partial charge in [0, 0.05) is 31.0 Å². The molecule has 65 heavy (non-hydrogen) atoms. The topological polar surface area (TPSA) is 155 Å². The van der Waals surface area contributed by atoms with Gasteiger partial charge in [0.15, 0.2) is 0 Å². The fourth-order valence-corrected chi connectivity index (χ4v) is 8.30. The second kappa shape index (κ2) is 24.2. The number of rotatable bonds is 21. The molecule has 5 N–H and O–H groups in total. The van der Waals surface area contributed by atoms with Crippen LogP contribution in [0.2, 0.25) is 0 Å². The highest BCUT2D eigenvalue weighted by atomic mass is 16.5. The van der Waals surface area contributed by atoms with Crippen LogP contribution in [0.25, 0.3) is 0 Å². The van der Waals surface area contributed by atoms with Crippen molar-refractivity contribution in [3.63, 3.8) is 0 Å². The summed E-state index contributed by atoms with van der Waals surface area (Å²) in [6, 6.07) is 45.2. The number of carbonyl (C=O) groups is 5. The van der Waals surface area contributed by atoms with E-state index in [1.807, 2.05) is 166 Å². The monoisotopic (exact) mass is 875 g/mol. The van der Waals surface area contributed by atoms with Crippen molar-refractivity contribution < 1.29 is 28.7 Å². The SMILES string of the molecule is CC(C)C[C@H](NC(=O)OCc1ccccc1)C(=O)N[C@@H](Cc1ccccc1)C(=O)N[C@H](/C=C/C(=O)NC1CCCC1)CCC(=O)NC(c1ccccc1)(c1ccccc1)c1ccccc1. The van der Waals surface area contributed by atoms with Crippen LogP contribution in [0.4, 0.5) is 4.79 Å². The normalized spacial score (nSPS) is 14.2. The summed E-state index contributed by atoms with van der Waals surface area (Å²) in [4.78, 5) is 69.2. The fraction of sp³-hybridized carbons (Fsp3) is 0.315. The third kappa shape index (κ3) is 14.2. The van der Waals surface area contributed by atoms with Crippen molar-refractivity contribution in [2.75, 3.05) is 0 Å². The highest BCUT2D eigenvalue weighted by Gasteiger charge is 2.38. The summed E-state index contributed by atoms with van der Waals surface area (Å²) in [5, 5.41) is 15.1. The first kappa shape index (κ1) is 47.5. The molecule has 0 unspecified atom stereocenters. The summed E-state index contributed by atoms with van der Waals surface area (Å²) >= 11 is 0. The number of nitrogens with one attached hydrogen (secondary N) is 5. The molecule has 0 aromatic heterocycles. The number of hydrogen-bond donors (Lipinski definition) is 5. The van der Waals surface area contributed by atoms with Gasteiger partial charge in [0.05, 0.1) is 0 Å². The molecule has 1 saturated carbocycles. The lowest BCUT2D eigenvalue weighted by atomic mass is 9.77. The first-order chi connectivity index (χ1) is 31.6. The van der Waals surface area contributed by atoms with Gasteiger partial charge in [0.1, 0.15) is 24.2 Å². The molecule has 5 aromatic rings. The zero-order chi connectivity index (χ0) is 45.9. The summed E-state index contributed by atoms with van der Waals surface area (Å²) in [5.74, 6) is -1.61. The van der Waals surface area contributed by atoms with Crippen molar-refractivity contribution in [3.8, 4) is 0 Å². The summed E-state index contributed by atoms with van der Waals surface area (Å²) in [6.45, 7) is 3.90. The van der Waals surface area contributed by atoms with Crippen molar-refractivity contribution in [3.05, 3.63) is 192 Å². The van der Waals surface area contributed by atoms with Gasteiger partial charge in [-0.2, -0.15) is 0 Å². The van der Waals surface area contributed by atoms with E-state index in [1.165, 1.54) is 6.08 Å². The minimum atomic E-state index is -1.08. The molecule has 338 valence electrons. The molecular weight excluding hydrogens is 815 g/mol. The molecule has 1 aliphatic rings. The zero-order valence-corrected chi connectivity index (χ0v) is 37.3. The number of carbonyl (C=O) groups excluding carboxylic acids is 5. The van der Waals surface area contributed by atoms with Crippen molar-refractivity contribution in [1.29, 1.82) is 0 Å². The first-order valence-corrected chi connectivity index (χ1v) is 22.7. The molecule has 0 spiro atoms. The molecule has 0 saturated heterocycles. The van der Waals surface area contributed by atoms with Crippen LogP contribution in [0.15, 0.2) is 164 Å². The summed E-state index contributed by atoms with van der Waals surface area (Å²) in [7, 11) is 0. The van der Waals surface area contributed by atoms with Gasteiger partial charge in [-0.15, -0.1) is 0 Å². The summed E-state index contributed by atoms with van der Waals surface area (Å²) < 4.78 is 5.45. The first-order valence-electron chi connectivity index (χ1n) is 22.7. The van der Waals surface area contributed by atoms with Crippen LogP contribution < -0.4 is 26.6 Å². The number of benzene rings is 5. The van der Waals surface area contributed by atoms with E-state index in [1.54, 1.807) is 6.08 Å². The molecule has 5 aromatic carbocycles. The largest absolute Gasteiger partial charge is 0.445 e. The highest BCUT2D eigenvalue weighted by Crippen LogP contribution is 2.37. The Kier molecular flexibility index (Phi) is 17.6. The lowest BCUT2D eigenvalue weighted by Crippen LogP contribution is -2.56. The summed E-state index contributed by atoms with van der Waals surface area (Å²) in [5.41, 5.74) is 3.16. The molecule has 1 aliphatic carbocycles. The van der Waals surface area contributed by atoms with E-state index in [4.69, 9.17) is 4.74 Å². The van der Waals surface area contributed by atoms with Crippen molar-refractivity contribution in [2.45, 2.75) is 102 Å². The van der Waals surface area contributed by atoms with E-state index >= 15 is 0 Å². The third-order valence-electron chi connectivity index (χ3n) is 11.6. The van der Waals surface area contributed by atoms with E-state index in [-0.39, 0.29) is 49.6 Å². The van der Waals surface area contributed by atoms with Gasteiger partial charge in [0.2, 0.25) is 23.6 Å². The van der Waals surface area contributed by atoms with Gasteiger partial charge in [-0.05, 0) is 59.4 Å². The smallest absolute Gasteiger partial charge is 0.408 e. The van der Waals surface area contributed by atoms with E-state index in [9.17, 15) is 24.0 Å². The Labute approximate surface area is 382 Å². The minimum absolute atomic E-state index is 0.0158. The molecule has 11 nitrogen and oxygen atoms in total. The Bertz CT molecular complexity index is 2210. The molecule has 0 heterocycles. The fourth-order valence-electron chi connectivity index (χ4n) is 8.30. The Morgan fingerprint density at radius 3 is 1.65 bits per heavy atom. The second-order valence-corrected chi connectivity index (χ2v) is 17.0. The molecule has 11 heteroatoms. The van der Waals surface area contributed by atoms with Crippen LogP contribution in [-0.4, -0.2) is 53.9 Å². The number of alkyl carbamates (subject to hydrolysis) is 1. The minimum Gasteiger partial charge on any atom is -0.445 e. The van der Waals surface area contributed by atoms with Gasteiger partial charge in [0.25, 0.3) is 0 Å². The Hall–Kier alpha value is -7.01. The highest BCUT2D eigenvalue weighted by molar-refractivity contribution is 5.92. The van der Waals surface area contributed by atoms with Crippen LogP contribution in [0.1, 0.15) is 86.6 Å². The molecule has 0 aliphatic heterocycles. The average Bonchev–Trinajstić information content (AvgIpc) is 3.85. The van der Waals surface area contributed by atoms with E-state index in [2.05, 4.69) is 26.6 Å². The molecular formula is C54H61N5O6. The molecule has 3 atom stereocenters. The van der Waals surface area contributed by atoms with Crippen molar-refractivity contribution in [2.24, 2.45) is 5.92 Å². The quantitative estimate of drug-likeness (QED) is 0.0372. The maximum Gasteiger partial charge on any atom is 0.408 e. The van der Waals surface area contributed by atoms with Gasteiger partial charge < -0.3 is 31.3 Å². The standard InChI is InChI=1S/C54H61N5O6/c1-39(2)36-47(58-53(64)65-38-41-22-10-4-11-23-41)52(63)57-48(37-40-20-8-3-9-21-40)51(62)56-46(32-34-49(60)55-45-30-18-19-31-45)33-35-50(61)59-54(42-24-12-5-13-25-42,43-26-14-6-15-27-43)44-28-16-7-17-29-44/h3-17,20-29,32,34,39,45-48H,18-19,30-31,33,35-38H2,1-2H3,(H,55,60)(H,56,62)(H,57,63)(H,58,64)(H,59,61)/b34-32+/t46-,47+,48+/m1/s1. The number of amides is 5. The lowest BCUT2D eigenvalue weighted by molar-refractivity contribution is -0.130. The zero-order valence-electron chi connectivity index (χ0n) is 37.3. The van der Waals surface area contributed by atoms with Gasteiger partial charge in [-0.1, -0.05) is 184 Å². The van der Waals surface area contributed by atoms with Gasteiger partial charge in [-0.25, -0.2) is 4.79 Å². The van der Waals surface area contributed by atoms with E-state index in [0.29, 0.717) is 6.42 Å². The van der Waals surface area contributed by atoms with Crippen LogP contribution in [0, 0.1) is 5.92 Å². The maximum absolute atomic E-state index is 14.5. The summed E-state index contributed by atoms with van der Waals surface area (Å²) in [6.07, 6.45) is 6.73. The van der Waals surface area contributed by atoms with E-state index < -0.39 is 41.6 Å². The number of hydrogen-bond acceptors (Lipinski definition) is 6. The maximum atomic E-state index is 14.5. The Morgan fingerprint density at radius 1 is 0.631 bits per heavy atom. The molecule has 6 rings (SSSR count). The van der Waals surface area contributed by atoms with Gasteiger partial charge in [-0.3, -0.25) is 19.2 Å². The Balaban J connectivity index is 1.23. The van der Waals surface area contributed by atoms with Crippen LogP contribution >= 0.6 is 0 Å². The predicted octanol–water partition coefficient (Wildman–Crippen LogP) is 8.04. The van der Waals surface area contributed by atoms with Gasteiger partial charge >= 0.3 is 6.09 Å².